The molecule has 6 heterocycles. The molecule has 25 aromatic rings. The van der Waals surface area contributed by atoms with E-state index in [0.29, 0.717) is 35.2 Å². The zero-order valence-corrected chi connectivity index (χ0v) is 65.9. The largest absolute Gasteiger partial charge is 0.309 e. The summed E-state index contributed by atoms with van der Waals surface area (Å²) in [5.74, 6) is 3.69. The summed E-state index contributed by atoms with van der Waals surface area (Å²) in [4.78, 5) is 31.8. The predicted octanol–water partition coefficient (Wildman–Crippen LogP) is 28.4. The van der Waals surface area contributed by atoms with E-state index in [0.717, 1.165) is 137 Å². The number of rotatable bonds is 11. The number of fused-ring (bicyclic) bond motifs is 16. The molecule has 6 aromatic heterocycles. The molecule has 0 spiro atoms. The Kier molecular flexibility index (Phi) is 16.4. The van der Waals surface area contributed by atoms with Gasteiger partial charge in [-0.1, -0.05) is 328 Å². The first-order valence-corrected chi connectivity index (χ1v) is 41.3. The summed E-state index contributed by atoms with van der Waals surface area (Å²) in [5, 5.41) is 18.4. The standard InChI is InChI=1S/C59H37N5.C53H33N5/c1-2-14-38(15-3-1)39-28-32-44(33-29-39)63-53-26-10-8-22-47(53)51-36-42(30-34-55(51)63)43-31-35-56-52(37-43)48-23-9-11-27-54(48)64(56)59-61-57(49-24-12-18-40-16-4-6-20-45(40)49)60-58(62-59)50-25-13-19-41-17-5-7-21-46(41)50;1-2-18-38(19-3-1)57-47-26-10-8-22-41(47)45-32-36(28-30-49(45)57)37-29-31-50-46(33-37)42-23-9-11-27-48(42)58(50)53-55-51(43-24-12-16-34-14-4-6-20-39(34)43)54-52(56-53)44-25-13-17-35-15-5-7-21-40(35)44/h1-37H;1-33H. The Balaban J connectivity index is 0.000000139. The Morgan fingerprint density at radius 3 is 0.697 bits per heavy atom. The minimum Gasteiger partial charge on any atom is -0.309 e. The van der Waals surface area contributed by atoms with Gasteiger partial charge in [-0.05, 0) is 174 Å². The molecular formula is C112H70N10. The van der Waals surface area contributed by atoms with Crippen molar-refractivity contribution in [3.63, 3.8) is 0 Å². The first kappa shape index (κ1) is 69.7. The number of nitrogens with zero attached hydrogens (tertiary/aromatic N) is 10. The van der Waals surface area contributed by atoms with Crippen LogP contribution < -0.4 is 0 Å². The van der Waals surface area contributed by atoms with E-state index in [2.05, 4.69) is 443 Å². The van der Waals surface area contributed by atoms with Crippen LogP contribution in [-0.4, -0.2) is 48.2 Å². The summed E-state index contributed by atoms with van der Waals surface area (Å²) >= 11 is 0. The van der Waals surface area contributed by atoms with Crippen LogP contribution in [0.3, 0.4) is 0 Å². The minimum atomic E-state index is 0.575. The van der Waals surface area contributed by atoms with Crippen molar-refractivity contribution in [1.29, 1.82) is 0 Å². The SMILES string of the molecule is c1ccc(-c2ccc(-n3c4ccccc4c4cc(-c5ccc6c(c5)c5ccccc5n6-c5nc(-c6cccc7ccccc67)nc(-c6cccc7ccccc67)n5)ccc43)cc2)cc1.c1ccc(-n2c3ccccc3c3cc(-c4ccc5c(c4)c4ccccc4n5-c4nc(-c5cccc6ccccc56)nc(-c5cccc6ccccc56)n4)ccc32)cc1. The zero-order valence-electron chi connectivity index (χ0n) is 65.9. The van der Waals surface area contributed by atoms with Crippen molar-refractivity contribution >= 4 is 130 Å². The average molecular weight is 1560 g/mol. The summed E-state index contributed by atoms with van der Waals surface area (Å²) < 4.78 is 9.15. The van der Waals surface area contributed by atoms with Crippen LogP contribution in [0, 0.1) is 0 Å². The van der Waals surface area contributed by atoms with Crippen molar-refractivity contribution in [3.05, 3.63) is 425 Å². The van der Waals surface area contributed by atoms with Crippen LogP contribution in [0.15, 0.2) is 425 Å². The highest BCUT2D eigenvalue weighted by atomic mass is 15.2. The molecule has 0 N–H and O–H groups in total. The van der Waals surface area contributed by atoms with Crippen LogP contribution in [0.25, 0.3) is 233 Å². The lowest BCUT2D eigenvalue weighted by Gasteiger charge is -2.13. The maximum absolute atomic E-state index is 5.33. The van der Waals surface area contributed by atoms with Crippen molar-refractivity contribution in [2.24, 2.45) is 0 Å². The van der Waals surface area contributed by atoms with Crippen molar-refractivity contribution < 1.29 is 0 Å². The molecule has 0 saturated carbocycles. The average Bonchev–Trinajstić information content (AvgIpc) is 1.62. The van der Waals surface area contributed by atoms with E-state index in [-0.39, 0.29) is 0 Å². The van der Waals surface area contributed by atoms with Gasteiger partial charge in [-0.3, -0.25) is 9.13 Å². The van der Waals surface area contributed by atoms with Crippen molar-refractivity contribution in [3.8, 4) is 102 Å². The fourth-order valence-corrected chi connectivity index (χ4v) is 18.7. The third kappa shape index (κ3) is 11.6. The molecule has 0 saturated heterocycles. The molecule has 122 heavy (non-hydrogen) atoms. The van der Waals surface area contributed by atoms with Gasteiger partial charge in [0.25, 0.3) is 0 Å². The number of benzene rings is 19. The Bertz CT molecular complexity index is 8310. The Morgan fingerprint density at radius 1 is 0.139 bits per heavy atom. The van der Waals surface area contributed by atoms with Gasteiger partial charge in [0.1, 0.15) is 0 Å². The van der Waals surface area contributed by atoms with Gasteiger partial charge in [-0.25, -0.2) is 9.97 Å². The molecule has 0 aliphatic heterocycles. The quantitative estimate of drug-likeness (QED) is 0.128. The maximum Gasteiger partial charge on any atom is 0.238 e. The van der Waals surface area contributed by atoms with Crippen LogP contribution in [0.5, 0.6) is 0 Å². The first-order chi connectivity index (χ1) is 60.5. The molecule has 0 amide bonds. The molecule has 0 bridgehead atoms. The molecule has 0 unspecified atom stereocenters. The molecule has 10 heteroatoms. The number of hydrogen-bond acceptors (Lipinski definition) is 6. The predicted molar refractivity (Wildman–Crippen MR) is 505 cm³/mol. The highest BCUT2D eigenvalue weighted by molar-refractivity contribution is 6.16. The van der Waals surface area contributed by atoms with Gasteiger partial charge >= 0.3 is 0 Å². The van der Waals surface area contributed by atoms with E-state index in [1.165, 1.54) is 60.3 Å². The summed E-state index contributed by atoms with van der Waals surface area (Å²) in [7, 11) is 0. The van der Waals surface area contributed by atoms with Crippen molar-refractivity contribution in [1.82, 2.24) is 48.2 Å². The monoisotopic (exact) mass is 1550 g/mol. The highest BCUT2D eigenvalue weighted by Gasteiger charge is 2.25. The fourth-order valence-electron chi connectivity index (χ4n) is 18.7. The van der Waals surface area contributed by atoms with Gasteiger partial charge in [0.2, 0.25) is 11.9 Å². The van der Waals surface area contributed by atoms with Gasteiger partial charge in [-0.15, -0.1) is 0 Å². The molecule has 19 aromatic carbocycles. The molecule has 0 aliphatic rings. The van der Waals surface area contributed by atoms with Crippen molar-refractivity contribution in [2.75, 3.05) is 0 Å². The molecule has 10 nitrogen and oxygen atoms in total. The zero-order chi connectivity index (χ0) is 80.3. The van der Waals surface area contributed by atoms with Gasteiger partial charge in [0.15, 0.2) is 23.3 Å². The molecule has 0 radical (unpaired) electrons. The van der Waals surface area contributed by atoms with Gasteiger partial charge < -0.3 is 9.13 Å². The second kappa shape index (κ2) is 28.7. The lowest BCUT2D eigenvalue weighted by atomic mass is 10.0. The molecule has 25 rings (SSSR count). The lowest BCUT2D eigenvalue weighted by molar-refractivity contribution is 0.955. The van der Waals surface area contributed by atoms with Crippen LogP contribution in [0.2, 0.25) is 0 Å². The Hall–Kier alpha value is -16.6. The third-order valence-corrected chi connectivity index (χ3v) is 24.4. The van der Waals surface area contributed by atoms with Gasteiger partial charge in [0.05, 0.1) is 44.1 Å². The van der Waals surface area contributed by atoms with Crippen molar-refractivity contribution in [2.45, 2.75) is 0 Å². The molecule has 0 aliphatic carbocycles. The van der Waals surface area contributed by atoms with Crippen LogP contribution in [0.1, 0.15) is 0 Å². The van der Waals surface area contributed by atoms with E-state index in [9.17, 15) is 0 Å². The Labute approximate surface area is 700 Å². The van der Waals surface area contributed by atoms with E-state index in [1.807, 2.05) is 0 Å². The number of aromatic nitrogens is 10. The van der Waals surface area contributed by atoms with E-state index in [1.54, 1.807) is 0 Å². The second-order valence-electron chi connectivity index (χ2n) is 31.3. The Morgan fingerprint density at radius 2 is 0.369 bits per heavy atom. The second-order valence-corrected chi connectivity index (χ2v) is 31.3. The molecule has 568 valence electrons. The molecule has 0 atom stereocenters. The van der Waals surface area contributed by atoms with Gasteiger partial charge in [0, 0.05) is 76.7 Å². The summed E-state index contributed by atoms with van der Waals surface area (Å²) in [6.07, 6.45) is 0. The van der Waals surface area contributed by atoms with E-state index < -0.39 is 0 Å². The van der Waals surface area contributed by atoms with Crippen LogP contribution >= 0.6 is 0 Å². The van der Waals surface area contributed by atoms with Crippen LogP contribution in [0.4, 0.5) is 0 Å². The highest BCUT2D eigenvalue weighted by Crippen LogP contribution is 2.44. The lowest BCUT2D eigenvalue weighted by Crippen LogP contribution is -2.06. The summed E-state index contributed by atoms with van der Waals surface area (Å²) in [5.41, 5.74) is 22.1. The topological polar surface area (TPSA) is 97.1 Å². The van der Waals surface area contributed by atoms with E-state index >= 15 is 0 Å². The van der Waals surface area contributed by atoms with Gasteiger partial charge in [-0.2, -0.15) is 19.9 Å². The molecule has 0 fully saturated rings. The minimum absolute atomic E-state index is 0.575. The normalized spacial score (nSPS) is 11.8. The van der Waals surface area contributed by atoms with E-state index in [4.69, 9.17) is 29.9 Å². The smallest absolute Gasteiger partial charge is 0.238 e. The summed E-state index contributed by atoms with van der Waals surface area (Å²) in [6.45, 7) is 0. The number of hydrogen-bond donors (Lipinski definition) is 0. The third-order valence-electron chi connectivity index (χ3n) is 24.4. The van der Waals surface area contributed by atoms with Crippen LogP contribution in [-0.2, 0) is 0 Å². The number of para-hydroxylation sites is 5. The fraction of sp³-hybridized carbons (Fsp3) is 0. The molecular weight excluding hydrogens is 1490 g/mol. The summed E-state index contributed by atoms with van der Waals surface area (Å²) in [6, 6.07) is 151. The maximum atomic E-state index is 5.33. The first-order valence-electron chi connectivity index (χ1n) is 41.3.